The Morgan fingerprint density at radius 1 is 1.21 bits per heavy atom. The van der Waals surface area contributed by atoms with Gasteiger partial charge in [0.2, 0.25) is 5.89 Å². The molecular weight excluding hydrogens is 380 g/mol. The van der Waals surface area contributed by atoms with Gasteiger partial charge in [0.25, 0.3) is 0 Å². The molecule has 9 heteroatoms. The van der Waals surface area contributed by atoms with Crippen LogP contribution in [0.4, 0.5) is 5.82 Å². The van der Waals surface area contributed by atoms with Crippen LogP contribution in [0.3, 0.4) is 0 Å². The molecule has 1 aliphatic rings. The minimum atomic E-state index is 0.345. The lowest BCUT2D eigenvalue weighted by Gasteiger charge is -2.34. The molecule has 0 atom stereocenters. The number of halogens is 1. The predicted octanol–water partition coefficient (Wildman–Crippen LogP) is 2.61. The van der Waals surface area contributed by atoms with Crippen molar-refractivity contribution in [2.45, 2.75) is 13.2 Å². The van der Waals surface area contributed by atoms with Gasteiger partial charge in [-0.3, -0.25) is 4.90 Å². The Kier molecular flexibility index (Phi) is 5.39. The zero-order valence-corrected chi connectivity index (χ0v) is 16.2. The quantitative estimate of drug-likeness (QED) is 0.647. The van der Waals surface area contributed by atoms with E-state index in [0.717, 1.165) is 42.9 Å². The normalized spacial score (nSPS) is 15.1. The zero-order chi connectivity index (χ0) is 19.5. The summed E-state index contributed by atoms with van der Waals surface area (Å²) < 4.78 is 10.3. The summed E-state index contributed by atoms with van der Waals surface area (Å²) in [4.78, 5) is 13.5. The first-order chi connectivity index (χ1) is 13.7. The molecule has 0 unspecified atom stereocenters. The van der Waals surface area contributed by atoms with Gasteiger partial charge in [0, 0.05) is 43.7 Å². The van der Waals surface area contributed by atoms with Gasteiger partial charge in [-0.25, -0.2) is 4.98 Å². The van der Waals surface area contributed by atoms with Crippen LogP contribution in [0.5, 0.6) is 0 Å². The number of hydrogen-bond acceptors (Lipinski definition) is 8. The summed E-state index contributed by atoms with van der Waals surface area (Å²) in [5, 5.41) is 14.8. The van der Waals surface area contributed by atoms with E-state index in [1.54, 1.807) is 19.2 Å². The van der Waals surface area contributed by atoms with E-state index in [9.17, 15) is 5.26 Å². The molecule has 28 heavy (non-hydrogen) atoms. The minimum absolute atomic E-state index is 0.345. The molecule has 1 aliphatic heterocycles. The lowest BCUT2D eigenvalue weighted by molar-refractivity contribution is 0.174. The van der Waals surface area contributed by atoms with Crippen LogP contribution >= 0.6 is 11.6 Å². The number of nitriles is 1. The average molecular weight is 399 g/mol. The molecule has 1 fully saturated rings. The van der Waals surface area contributed by atoms with Crippen molar-refractivity contribution >= 4 is 28.3 Å². The second-order valence-corrected chi connectivity index (χ2v) is 7.04. The van der Waals surface area contributed by atoms with Crippen molar-refractivity contribution in [3.63, 3.8) is 0 Å². The maximum absolute atomic E-state index is 9.52. The van der Waals surface area contributed by atoms with Crippen LogP contribution in [0, 0.1) is 11.3 Å². The van der Waals surface area contributed by atoms with E-state index in [2.05, 4.69) is 26.0 Å². The van der Waals surface area contributed by atoms with Crippen LogP contribution in [-0.4, -0.2) is 53.3 Å². The fourth-order valence-corrected chi connectivity index (χ4v) is 3.48. The molecule has 0 radical (unpaired) electrons. The fourth-order valence-electron chi connectivity index (χ4n) is 3.31. The lowest BCUT2D eigenvalue weighted by atomic mass is 10.1. The van der Waals surface area contributed by atoms with Crippen LogP contribution in [0.2, 0.25) is 5.02 Å². The van der Waals surface area contributed by atoms with Gasteiger partial charge in [0.1, 0.15) is 12.4 Å². The summed E-state index contributed by atoms with van der Waals surface area (Å²) >= 11 is 6.06. The number of methoxy groups -OCH3 is 1. The van der Waals surface area contributed by atoms with E-state index in [4.69, 9.17) is 25.8 Å². The third kappa shape index (κ3) is 3.92. The highest BCUT2D eigenvalue weighted by atomic mass is 35.5. The van der Waals surface area contributed by atoms with Crippen molar-refractivity contribution in [1.82, 2.24) is 20.0 Å². The first-order valence-corrected chi connectivity index (χ1v) is 9.32. The Labute approximate surface area is 167 Å². The van der Waals surface area contributed by atoms with Crippen LogP contribution in [0.15, 0.2) is 28.8 Å². The van der Waals surface area contributed by atoms with Crippen LogP contribution in [-0.2, 0) is 17.9 Å². The Hall–Kier alpha value is -2.73. The molecule has 0 amide bonds. The minimum Gasteiger partial charge on any atom is -0.377 e. The topological polar surface area (TPSA) is 91.3 Å². The number of benzene rings is 1. The van der Waals surface area contributed by atoms with Crippen molar-refractivity contribution in [2.75, 3.05) is 38.2 Å². The maximum Gasteiger partial charge on any atom is 0.240 e. The van der Waals surface area contributed by atoms with Crippen molar-refractivity contribution < 1.29 is 9.26 Å². The number of aromatic nitrogens is 3. The number of hydrogen-bond donors (Lipinski definition) is 0. The van der Waals surface area contributed by atoms with Crippen LogP contribution in [0.25, 0.3) is 10.9 Å². The number of nitrogens with zero attached hydrogens (tertiary/aromatic N) is 6. The predicted molar refractivity (Wildman–Crippen MR) is 104 cm³/mol. The second-order valence-electron chi connectivity index (χ2n) is 6.60. The van der Waals surface area contributed by atoms with Crippen LogP contribution in [0.1, 0.15) is 17.3 Å². The molecular formula is C19H19ClN6O2. The van der Waals surface area contributed by atoms with Gasteiger partial charge in [-0.05, 0) is 24.3 Å². The van der Waals surface area contributed by atoms with E-state index >= 15 is 0 Å². The summed E-state index contributed by atoms with van der Waals surface area (Å²) in [5.74, 6) is 1.96. The van der Waals surface area contributed by atoms with E-state index in [0.29, 0.717) is 35.5 Å². The van der Waals surface area contributed by atoms with Crippen molar-refractivity contribution in [2.24, 2.45) is 0 Å². The fraction of sp³-hybridized carbons (Fsp3) is 0.368. The highest BCUT2D eigenvalue weighted by molar-refractivity contribution is 6.31. The molecule has 3 heterocycles. The monoisotopic (exact) mass is 398 g/mol. The van der Waals surface area contributed by atoms with Crippen molar-refractivity contribution in [3.8, 4) is 6.07 Å². The van der Waals surface area contributed by atoms with Gasteiger partial charge in [-0.15, -0.1) is 0 Å². The molecule has 1 saturated heterocycles. The first kappa shape index (κ1) is 18.6. The van der Waals surface area contributed by atoms with Gasteiger partial charge in [-0.1, -0.05) is 16.8 Å². The molecule has 2 aromatic heterocycles. The molecule has 4 rings (SSSR count). The van der Waals surface area contributed by atoms with Gasteiger partial charge >= 0.3 is 0 Å². The summed E-state index contributed by atoms with van der Waals surface area (Å²) in [5.41, 5.74) is 1.36. The van der Waals surface area contributed by atoms with Gasteiger partial charge in [-0.2, -0.15) is 10.2 Å². The molecule has 8 nitrogen and oxygen atoms in total. The number of ether oxygens (including phenoxy) is 1. The van der Waals surface area contributed by atoms with Crippen molar-refractivity contribution in [3.05, 3.63) is 46.6 Å². The molecule has 0 bridgehead atoms. The Morgan fingerprint density at radius 3 is 2.79 bits per heavy atom. The molecule has 1 aromatic carbocycles. The molecule has 144 valence electrons. The van der Waals surface area contributed by atoms with E-state index in [1.807, 2.05) is 12.1 Å². The summed E-state index contributed by atoms with van der Waals surface area (Å²) in [6.07, 6.45) is 0. The van der Waals surface area contributed by atoms with Gasteiger partial charge < -0.3 is 14.2 Å². The Balaban J connectivity index is 1.44. The number of piperazine rings is 1. The largest absolute Gasteiger partial charge is 0.377 e. The summed E-state index contributed by atoms with van der Waals surface area (Å²) in [7, 11) is 1.60. The number of rotatable bonds is 5. The summed E-state index contributed by atoms with van der Waals surface area (Å²) in [6, 6.07) is 9.52. The third-order valence-electron chi connectivity index (χ3n) is 4.72. The first-order valence-electron chi connectivity index (χ1n) is 8.94. The third-order valence-corrected chi connectivity index (χ3v) is 4.95. The number of fused-ring (bicyclic) bond motifs is 1. The maximum atomic E-state index is 9.52. The van der Waals surface area contributed by atoms with E-state index in [1.165, 1.54) is 0 Å². The van der Waals surface area contributed by atoms with Crippen LogP contribution < -0.4 is 4.90 Å². The van der Waals surface area contributed by atoms with Crippen molar-refractivity contribution in [1.29, 1.82) is 5.26 Å². The molecule has 0 aliphatic carbocycles. The molecule has 0 N–H and O–H groups in total. The highest BCUT2D eigenvalue weighted by Crippen LogP contribution is 2.26. The Bertz CT molecular complexity index is 1020. The van der Waals surface area contributed by atoms with E-state index in [-0.39, 0.29) is 0 Å². The molecule has 0 spiro atoms. The second kappa shape index (κ2) is 8.10. The zero-order valence-electron chi connectivity index (χ0n) is 15.4. The Morgan fingerprint density at radius 2 is 2.04 bits per heavy atom. The van der Waals surface area contributed by atoms with E-state index < -0.39 is 0 Å². The van der Waals surface area contributed by atoms with Gasteiger partial charge in [0.15, 0.2) is 5.82 Å². The number of anilines is 1. The summed E-state index contributed by atoms with van der Waals surface area (Å²) in [6.45, 7) is 4.23. The highest BCUT2D eigenvalue weighted by Gasteiger charge is 2.21. The standard InChI is InChI=1S/C19H19ClN6O2/c1-27-12-17-23-19(28-24-17)11-25-4-6-26(7-5-25)18-8-13(10-21)15-9-14(20)2-3-16(15)22-18/h2-3,8-9H,4-7,11-12H2,1H3. The average Bonchev–Trinajstić information content (AvgIpc) is 3.15. The smallest absolute Gasteiger partial charge is 0.240 e. The van der Waals surface area contributed by atoms with Gasteiger partial charge in [0.05, 0.1) is 23.7 Å². The molecule has 3 aromatic rings. The lowest BCUT2D eigenvalue weighted by Crippen LogP contribution is -2.46. The SMILES string of the molecule is COCc1noc(CN2CCN(c3cc(C#N)c4cc(Cl)ccc4n3)CC2)n1. The number of pyridine rings is 1. The molecule has 0 saturated carbocycles.